The van der Waals surface area contributed by atoms with Gasteiger partial charge < -0.3 is 9.64 Å². The predicted octanol–water partition coefficient (Wildman–Crippen LogP) is 3.14. The van der Waals surface area contributed by atoms with Gasteiger partial charge in [-0.1, -0.05) is 18.2 Å². The molecule has 1 aromatic carbocycles. The van der Waals surface area contributed by atoms with E-state index >= 15 is 0 Å². The number of halogens is 3. The van der Waals surface area contributed by atoms with Crippen LogP contribution in [0.5, 0.6) is 5.75 Å². The first kappa shape index (κ1) is 18.0. The molecule has 0 aliphatic carbocycles. The number of aryl methyl sites for hydroxylation is 1. The quantitative estimate of drug-likeness (QED) is 0.695. The minimum Gasteiger partial charge on any atom is -0.496 e. The molecule has 0 N–H and O–H groups in total. The van der Waals surface area contributed by atoms with Crippen molar-refractivity contribution in [3.05, 3.63) is 47.4 Å². The van der Waals surface area contributed by atoms with E-state index in [4.69, 9.17) is 4.74 Å². The van der Waals surface area contributed by atoms with E-state index in [1.165, 1.54) is 0 Å². The summed E-state index contributed by atoms with van der Waals surface area (Å²) < 4.78 is 45.2. The molecule has 3 rings (SSSR count). The molecule has 0 unspecified atom stereocenters. The van der Waals surface area contributed by atoms with Crippen LogP contribution in [-0.2, 0) is 12.6 Å². The minimum absolute atomic E-state index is 0.0727. The minimum atomic E-state index is -4.62. The van der Waals surface area contributed by atoms with Crippen molar-refractivity contribution in [1.29, 1.82) is 0 Å². The molecule has 0 bridgehead atoms. The Morgan fingerprint density at radius 3 is 2.62 bits per heavy atom. The number of aromatic nitrogens is 4. The number of para-hydroxylation sites is 1. The van der Waals surface area contributed by atoms with E-state index in [1.54, 1.807) is 27.1 Å². The van der Waals surface area contributed by atoms with E-state index < -0.39 is 12.0 Å². The standard InChI is InChI=1S/C17H18F3N5O/c1-11-10-14(25-16(21-11)22-15(23-25)17(18,19)20)24(2)9-8-12-6-4-5-7-13(12)26-3/h4-7,10H,8-9H2,1-3H3. The van der Waals surface area contributed by atoms with Gasteiger partial charge >= 0.3 is 6.18 Å². The average molecular weight is 365 g/mol. The number of benzene rings is 1. The maximum Gasteiger partial charge on any atom is 0.453 e. The number of hydrogen-bond donors (Lipinski definition) is 0. The highest BCUT2D eigenvalue weighted by molar-refractivity contribution is 5.47. The number of ether oxygens (including phenoxy) is 1. The fourth-order valence-corrected chi connectivity index (χ4v) is 2.67. The molecule has 2 heterocycles. The lowest BCUT2D eigenvalue weighted by molar-refractivity contribution is -0.144. The fraction of sp³-hybridized carbons (Fsp3) is 0.353. The molecule has 0 spiro atoms. The summed E-state index contributed by atoms with van der Waals surface area (Å²) in [5.74, 6) is -0.00564. The van der Waals surface area contributed by atoms with Crippen LogP contribution >= 0.6 is 0 Å². The number of nitrogens with zero attached hydrogens (tertiary/aromatic N) is 5. The van der Waals surface area contributed by atoms with Gasteiger partial charge in [-0.15, -0.1) is 5.10 Å². The highest BCUT2D eigenvalue weighted by Gasteiger charge is 2.37. The average Bonchev–Trinajstić information content (AvgIpc) is 3.03. The molecule has 9 heteroatoms. The van der Waals surface area contributed by atoms with Gasteiger partial charge in [0.15, 0.2) is 0 Å². The summed E-state index contributed by atoms with van der Waals surface area (Å²) in [5.41, 5.74) is 1.58. The lowest BCUT2D eigenvalue weighted by Crippen LogP contribution is -2.23. The Morgan fingerprint density at radius 1 is 1.19 bits per heavy atom. The molecular formula is C17H18F3N5O. The van der Waals surface area contributed by atoms with E-state index in [9.17, 15) is 13.2 Å². The highest BCUT2D eigenvalue weighted by atomic mass is 19.4. The van der Waals surface area contributed by atoms with Crippen molar-refractivity contribution in [1.82, 2.24) is 19.6 Å². The van der Waals surface area contributed by atoms with Crippen LogP contribution in [-0.4, -0.2) is 40.3 Å². The summed E-state index contributed by atoms with van der Waals surface area (Å²) in [6.07, 6.45) is -3.96. The monoisotopic (exact) mass is 365 g/mol. The first-order valence-corrected chi connectivity index (χ1v) is 7.94. The Hall–Kier alpha value is -2.84. The third-order valence-corrected chi connectivity index (χ3v) is 3.98. The van der Waals surface area contributed by atoms with Crippen LogP contribution in [0.1, 0.15) is 17.1 Å². The maximum atomic E-state index is 12.9. The molecule has 0 saturated heterocycles. The Morgan fingerprint density at radius 2 is 1.92 bits per heavy atom. The topological polar surface area (TPSA) is 55.5 Å². The highest BCUT2D eigenvalue weighted by Crippen LogP contribution is 2.27. The first-order valence-electron chi connectivity index (χ1n) is 7.94. The van der Waals surface area contributed by atoms with Gasteiger partial charge in [-0.2, -0.15) is 22.7 Å². The Bertz CT molecular complexity index is 922. The van der Waals surface area contributed by atoms with Gasteiger partial charge in [-0.25, -0.2) is 4.98 Å². The van der Waals surface area contributed by atoms with Crippen LogP contribution in [0.2, 0.25) is 0 Å². The molecule has 0 fully saturated rings. The number of hydrogen-bond acceptors (Lipinski definition) is 5. The first-order chi connectivity index (χ1) is 12.3. The van der Waals surface area contributed by atoms with Crippen molar-refractivity contribution in [3.8, 4) is 5.75 Å². The number of likely N-dealkylation sites (N-methyl/N-ethyl adjacent to an activating group) is 1. The molecule has 0 radical (unpaired) electrons. The Kier molecular flexibility index (Phi) is 4.71. The summed E-state index contributed by atoms with van der Waals surface area (Å²) in [7, 11) is 3.39. The normalized spacial score (nSPS) is 11.8. The van der Waals surface area contributed by atoms with Crippen LogP contribution in [0.3, 0.4) is 0 Å². The Balaban J connectivity index is 1.90. The van der Waals surface area contributed by atoms with E-state index in [0.29, 0.717) is 24.5 Å². The van der Waals surface area contributed by atoms with Gasteiger partial charge in [0.05, 0.1) is 7.11 Å². The number of fused-ring (bicyclic) bond motifs is 1. The van der Waals surface area contributed by atoms with E-state index in [0.717, 1.165) is 15.8 Å². The molecule has 6 nitrogen and oxygen atoms in total. The number of rotatable bonds is 5. The molecule has 3 aromatic rings. The number of methoxy groups -OCH3 is 1. The van der Waals surface area contributed by atoms with Crippen molar-refractivity contribution in [3.63, 3.8) is 0 Å². The zero-order chi connectivity index (χ0) is 18.9. The van der Waals surface area contributed by atoms with Crippen LogP contribution in [0.25, 0.3) is 5.78 Å². The van der Waals surface area contributed by atoms with E-state index in [1.807, 2.05) is 29.2 Å². The van der Waals surface area contributed by atoms with Crippen molar-refractivity contribution in [2.75, 3.05) is 25.6 Å². The summed E-state index contributed by atoms with van der Waals surface area (Å²) in [6.45, 7) is 2.26. The van der Waals surface area contributed by atoms with Gasteiger partial charge in [0.25, 0.3) is 11.6 Å². The van der Waals surface area contributed by atoms with Gasteiger partial charge in [-0.3, -0.25) is 0 Å². The molecule has 0 amide bonds. The number of alkyl halides is 3. The maximum absolute atomic E-state index is 12.9. The molecule has 0 aliphatic heterocycles. The van der Waals surface area contributed by atoms with Crippen LogP contribution in [0, 0.1) is 6.92 Å². The van der Waals surface area contributed by atoms with E-state index in [2.05, 4.69) is 15.1 Å². The lowest BCUT2D eigenvalue weighted by Gasteiger charge is -2.20. The second-order valence-corrected chi connectivity index (χ2v) is 5.88. The van der Waals surface area contributed by atoms with Gasteiger partial charge in [0, 0.05) is 25.4 Å². The third kappa shape index (κ3) is 3.56. The molecule has 0 aliphatic rings. The predicted molar refractivity (Wildman–Crippen MR) is 90.5 cm³/mol. The van der Waals surface area contributed by atoms with Gasteiger partial charge in [0.2, 0.25) is 0 Å². The van der Waals surface area contributed by atoms with Crippen LogP contribution < -0.4 is 9.64 Å². The van der Waals surface area contributed by atoms with E-state index in [-0.39, 0.29) is 5.78 Å². The molecule has 2 aromatic heterocycles. The van der Waals surface area contributed by atoms with Crippen molar-refractivity contribution in [2.24, 2.45) is 0 Å². The molecular weight excluding hydrogens is 347 g/mol. The zero-order valence-electron chi connectivity index (χ0n) is 14.6. The smallest absolute Gasteiger partial charge is 0.453 e. The van der Waals surface area contributed by atoms with Crippen molar-refractivity contribution in [2.45, 2.75) is 19.5 Å². The molecule has 0 atom stereocenters. The number of anilines is 1. The largest absolute Gasteiger partial charge is 0.496 e. The van der Waals surface area contributed by atoms with Crippen molar-refractivity contribution < 1.29 is 17.9 Å². The summed E-state index contributed by atoms with van der Waals surface area (Å²) in [5, 5.41) is 3.59. The summed E-state index contributed by atoms with van der Waals surface area (Å²) >= 11 is 0. The summed E-state index contributed by atoms with van der Waals surface area (Å²) in [4.78, 5) is 9.37. The molecule has 26 heavy (non-hydrogen) atoms. The Labute approximate surface area is 148 Å². The summed E-state index contributed by atoms with van der Waals surface area (Å²) in [6, 6.07) is 9.31. The van der Waals surface area contributed by atoms with Crippen LogP contribution in [0.4, 0.5) is 19.0 Å². The van der Waals surface area contributed by atoms with Crippen LogP contribution in [0.15, 0.2) is 30.3 Å². The SMILES string of the molecule is COc1ccccc1CCN(C)c1cc(C)nc2nc(C(F)(F)F)nn12. The third-order valence-electron chi connectivity index (χ3n) is 3.98. The molecule has 0 saturated carbocycles. The van der Waals surface area contributed by atoms with Gasteiger partial charge in [0.1, 0.15) is 11.6 Å². The zero-order valence-corrected chi connectivity index (χ0v) is 14.6. The second kappa shape index (κ2) is 6.81. The van der Waals surface area contributed by atoms with Gasteiger partial charge in [-0.05, 0) is 25.0 Å². The lowest BCUT2D eigenvalue weighted by atomic mass is 10.1. The van der Waals surface area contributed by atoms with Crippen molar-refractivity contribution >= 4 is 11.6 Å². The fourth-order valence-electron chi connectivity index (χ4n) is 2.67. The second-order valence-electron chi connectivity index (χ2n) is 5.88. The molecule has 138 valence electrons.